The van der Waals surface area contributed by atoms with Crippen LogP contribution < -0.4 is 10.5 Å². The zero-order chi connectivity index (χ0) is 36.3. The van der Waals surface area contributed by atoms with Gasteiger partial charge in [-0.25, -0.2) is 4.98 Å². The number of phenols is 1. The Balaban J connectivity index is 1.71. The van der Waals surface area contributed by atoms with Crippen LogP contribution in [-0.4, -0.2) is 40.5 Å². The number of rotatable bonds is 12. The predicted octanol–water partition coefficient (Wildman–Crippen LogP) is 8.09. The van der Waals surface area contributed by atoms with Crippen molar-refractivity contribution in [2.45, 2.75) is 96.8 Å². The number of nitrogens with two attached hydrogens (primary N) is 1. The molecule has 4 N–H and O–H groups in total. The minimum atomic E-state index is -0.415. The molecule has 0 saturated heterocycles. The third kappa shape index (κ3) is 9.60. The van der Waals surface area contributed by atoms with Gasteiger partial charge in [-0.1, -0.05) is 81.7 Å². The lowest BCUT2D eigenvalue weighted by molar-refractivity contribution is -0.132. The van der Waals surface area contributed by atoms with Crippen molar-refractivity contribution in [3.63, 3.8) is 0 Å². The second-order valence-electron chi connectivity index (χ2n) is 14.9. The number of ketones is 2. The molecular weight excluding hydrogens is 636 g/mol. The first kappa shape index (κ1) is 38.1. The number of phenolic OH excluding ortho intramolecular Hbond substituents is 1. The lowest BCUT2D eigenvalue weighted by Crippen LogP contribution is -2.37. The summed E-state index contributed by atoms with van der Waals surface area (Å²) in [5, 5.41) is 21.8. The summed E-state index contributed by atoms with van der Waals surface area (Å²) in [6.45, 7) is 4.43. The largest absolute Gasteiger partial charge is 0.504 e. The number of nitrogens with zero attached hydrogens (tertiary/aromatic N) is 1. The number of nitrogen functional groups attached to an aromatic ring is 1. The van der Waals surface area contributed by atoms with Gasteiger partial charge in [-0.05, 0) is 109 Å². The number of aromatic hydroxyl groups is 1. The van der Waals surface area contributed by atoms with Crippen LogP contribution in [0.4, 0.5) is 5.82 Å². The fraction of sp³-hybridized carbons (Fsp3) is 0.523. The zero-order valence-corrected chi connectivity index (χ0v) is 30.7. The van der Waals surface area contributed by atoms with Gasteiger partial charge >= 0.3 is 0 Å². The SMILES string of the molecule is CCCCCC1C(C(CO)CCC)CC(Cc2ccnc(N)c2)CC2C#CC(c3ccccc3)c3cc(O)c(OC)cc3CCC(=O)CC(=O)C21. The van der Waals surface area contributed by atoms with E-state index in [4.69, 9.17) is 10.5 Å². The normalized spacial score (nSPS) is 24.5. The molecule has 0 amide bonds. The highest BCUT2D eigenvalue weighted by atomic mass is 16.5. The summed E-state index contributed by atoms with van der Waals surface area (Å²) >= 11 is 0. The Hall–Kier alpha value is -4.15. The second-order valence-corrected chi connectivity index (χ2v) is 14.9. The van der Waals surface area contributed by atoms with Crippen molar-refractivity contribution in [2.24, 2.45) is 35.5 Å². The van der Waals surface area contributed by atoms with Crippen molar-refractivity contribution >= 4 is 17.4 Å². The molecule has 7 heteroatoms. The topological polar surface area (TPSA) is 123 Å². The molecule has 1 aromatic heterocycles. The molecule has 2 aliphatic carbocycles. The average molecular weight is 693 g/mol. The Morgan fingerprint density at radius 3 is 2.51 bits per heavy atom. The number of carbonyl (C=O) groups excluding carboxylic acids is 2. The minimum absolute atomic E-state index is 0.00562. The molecule has 1 fully saturated rings. The van der Waals surface area contributed by atoms with Crippen molar-refractivity contribution < 1.29 is 24.5 Å². The Morgan fingerprint density at radius 1 is 1.00 bits per heavy atom. The molecular formula is C44H56N2O5. The number of pyridine rings is 1. The molecule has 3 aromatic rings. The smallest absolute Gasteiger partial charge is 0.160 e. The molecule has 1 saturated carbocycles. The van der Waals surface area contributed by atoms with E-state index in [2.05, 4.69) is 30.7 Å². The Kier molecular flexibility index (Phi) is 13.7. The van der Waals surface area contributed by atoms with Crippen LogP contribution in [0.1, 0.15) is 106 Å². The van der Waals surface area contributed by atoms with E-state index in [9.17, 15) is 19.8 Å². The number of aryl methyl sites for hydroxylation is 1. The fourth-order valence-corrected chi connectivity index (χ4v) is 8.96. The highest BCUT2D eigenvalue weighted by Gasteiger charge is 2.45. The number of Topliss-reactive ketones (excluding diaryl/α,β-unsaturated/α-hetero) is 2. The van der Waals surface area contributed by atoms with Crippen LogP contribution in [0.25, 0.3) is 0 Å². The molecule has 5 rings (SSSR count). The summed E-state index contributed by atoms with van der Waals surface area (Å²) in [4.78, 5) is 32.7. The van der Waals surface area contributed by atoms with Crippen LogP contribution in [0.5, 0.6) is 11.5 Å². The number of aliphatic hydroxyl groups is 1. The van der Waals surface area contributed by atoms with Gasteiger partial charge in [0.2, 0.25) is 0 Å². The summed E-state index contributed by atoms with van der Waals surface area (Å²) in [6, 6.07) is 17.6. The van der Waals surface area contributed by atoms with Crippen LogP contribution in [0, 0.1) is 47.3 Å². The van der Waals surface area contributed by atoms with Gasteiger partial charge in [-0.3, -0.25) is 9.59 Å². The first-order valence-electron chi connectivity index (χ1n) is 19.1. The molecule has 1 heterocycles. The first-order chi connectivity index (χ1) is 24.8. The molecule has 2 aromatic carbocycles. The van der Waals surface area contributed by atoms with Gasteiger partial charge in [0.15, 0.2) is 11.5 Å². The minimum Gasteiger partial charge on any atom is -0.504 e. The zero-order valence-electron chi connectivity index (χ0n) is 30.7. The molecule has 0 radical (unpaired) electrons. The number of benzene rings is 2. The van der Waals surface area contributed by atoms with Crippen LogP contribution in [0.2, 0.25) is 0 Å². The summed E-state index contributed by atoms with van der Waals surface area (Å²) in [6.07, 6.45) is 10.4. The molecule has 7 atom stereocenters. The average Bonchev–Trinajstić information content (AvgIpc) is 3.26. The predicted molar refractivity (Wildman–Crippen MR) is 202 cm³/mol. The third-order valence-corrected chi connectivity index (χ3v) is 11.4. The molecule has 2 aliphatic rings. The van der Waals surface area contributed by atoms with Gasteiger partial charge in [-0.15, -0.1) is 0 Å². The van der Waals surface area contributed by atoms with E-state index in [1.165, 1.54) is 7.11 Å². The van der Waals surface area contributed by atoms with Gasteiger partial charge < -0.3 is 20.7 Å². The third-order valence-electron chi connectivity index (χ3n) is 11.4. The van der Waals surface area contributed by atoms with Gasteiger partial charge in [0, 0.05) is 31.1 Å². The monoisotopic (exact) mass is 692 g/mol. The Labute approximate surface area is 304 Å². The van der Waals surface area contributed by atoms with Crippen molar-refractivity contribution in [3.05, 3.63) is 83.0 Å². The maximum atomic E-state index is 14.7. The summed E-state index contributed by atoms with van der Waals surface area (Å²) in [5.74, 6) is 7.47. The Morgan fingerprint density at radius 2 is 1.80 bits per heavy atom. The van der Waals surface area contributed by atoms with Crippen LogP contribution in [-0.2, 0) is 22.4 Å². The number of carbonyl (C=O) groups is 2. The van der Waals surface area contributed by atoms with Gasteiger partial charge in [-0.2, -0.15) is 0 Å². The maximum absolute atomic E-state index is 14.7. The highest BCUT2D eigenvalue weighted by molar-refractivity contribution is 6.00. The van der Waals surface area contributed by atoms with Crippen molar-refractivity contribution in [2.75, 3.05) is 19.5 Å². The van der Waals surface area contributed by atoms with E-state index >= 15 is 0 Å². The van der Waals surface area contributed by atoms with Gasteiger partial charge in [0.1, 0.15) is 17.4 Å². The van der Waals surface area contributed by atoms with Crippen LogP contribution >= 0.6 is 0 Å². The molecule has 51 heavy (non-hydrogen) atoms. The summed E-state index contributed by atoms with van der Waals surface area (Å²) in [5.41, 5.74) is 9.94. The lowest BCUT2D eigenvalue weighted by atomic mass is 9.66. The van der Waals surface area contributed by atoms with Gasteiger partial charge in [0.25, 0.3) is 0 Å². The number of aromatic nitrogens is 1. The molecule has 0 bridgehead atoms. The molecule has 0 aliphatic heterocycles. The standard InChI is InChI=1S/C44H56N2O5/c1-4-6-8-14-37-38(34(28-47)11-5-2)23-30(21-29-19-20-46-43(45)24-29)22-33-16-18-36(31-12-9-7-10-13-31)39-27-40(49)42(51-3)25-32(39)15-17-35(48)26-41(50)44(33)37/h7,9-10,12-13,19-20,24-25,27,30,33-34,36-38,44,47,49H,4-6,8,11,14-15,17,21-23,26,28H2,1-3H3,(H2,45,46). The van der Waals surface area contributed by atoms with E-state index in [0.29, 0.717) is 24.4 Å². The Bertz CT molecular complexity index is 1680. The van der Waals surface area contributed by atoms with Crippen molar-refractivity contribution in [1.29, 1.82) is 0 Å². The quantitative estimate of drug-likeness (QED) is 0.0996. The number of methoxy groups -OCH3 is 1. The molecule has 0 spiro atoms. The fourth-order valence-electron chi connectivity index (χ4n) is 8.96. The number of anilines is 1. The molecule has 272 valence electrons. The summed E-state index contributed by atoms with van der Waals surface area (Å²) < 4.78 is 5.47. The van der Waals surface area contributed by atoms with E-state index < -0.39 is 5.92 Å². The molecule has 7 nitrogen and oxygen atoms in total. The second kappa shape index (κ2) is 18.4. The van der Waals surface area contributed by atoms with Crippen molar-refractivity contribution in [1.82, 2.24) is 4.98 Å². The number of fused-ring (bicyclic) bond motifs is 2. The summed E-state index contributed by atoms with van der Waals surface area (Å²) in [7, 11) is 1.52. The van der Waals surface area contributed by atoms with E-state index in [-0.39, 0.29) is 72.3 Å². The lowest BCUT2D eigenvalue weighted by Gasteiger charge is -2.37. The number of unbranched alkanes of at least 4 members (excludes halogenated alkanes) is 2. The van der Waals surface area contributed by atoms with Crippen LogP contribution in [0.15, 0.2) is 60.8 Å². The van der Waals surface area contributed by atoms with Crippen LogP contribution in [0.3, 0.4) is 0 Å². The van der Waals surface area contributed by atoms with Gasteiger partial charge in [0.05, 0.1) is 19.4 Å². The van der Waals surface area contributed by atoms with E-state index in [1.807, 2.05) is 48.5 Å². The number of hydrogen-bond acceptors (Lipinski definition) is 7. The molecule has 7 unspecified atom stereocenters. The maximum Gasteiger partial charge on any atom is 0.160 e. The van der Waals surface area contributed by atoms with Crippen molar-refractivity contribution in [3.8, 4) is 23.3 Å². The highest BCUT2D eigenvalue weighted by Crippen LogP contribution is 2.48. The first-order valence-corrected chi connectivity index (χ1v) is 19.1. The number of hydrogen-bond donors (Lipinski definition) is 3. The number of aliphatic hydroxyl groups excluding tert-OH is 1. The number of ether oxygens (including phenoxy) is 1. The van der Waals surface area contributed by atoms with E-state index in [0.717, 1.165) is 73.6 Å². The van der Waals surface area contributed by atoms with E-state index in [1.54, 1.807) is 12.3 Å².